The highest BCUT2D eigenvalue weighted by molar-refractivity contribution is 6.02. The fourth-order valence-electron chi connectivity index (χ4n) is 1.68. The molecule has 0 aliphatic heterocycles. The van der Waals surface area contributed by atoms with Crippen molar-refractivity contribution in [1.82, 2.24) is 14.9 Å². The van der Waals surface area contributed by atoms with Crippen LogP contribution in [0.5, 0.6) is 0 Å². The summed E-state index contributed by atoms with van der Waals surface area (Å²) in [5.74, 6) is -1.47. The zero-order valence-corrected chi connectivity index (χ0v) is 9.83. The van der Waals surface area contributed by atoms with Crippen molar-refractivity contribution in [3.8, 4) is 0 Å². The number of aromatic nitrogens is 2. The maximum atomic E-state index is 12.0. The Hall–Kier alpha value is -2.37. The third-order valence-corrected chi connectivity index (χ3v) is 2.68. The highest BCUT2D eigenvalue weighted by Gasteiger charge is 2.20. The summed E-state index contributed by atoms with van der Waals surface area (Å²) in [5, 5.41) is 15.4. The Balaban J connectivity index is 2.26. The number of pyridine rings is 1. The molecule has 2 rings (SSSR count). The van der Waals surface area contributed by atoms with Crippen molar-refractivity contribution in [2.45, 2.75) is 19.4 Å². The number of carboxylic acid groups (broad SMARTS) is 1. The number of nitrogens with one attached hydrogen (secondary N) is 1. The van der Waals surface area contributed by atoms with Crippen molar-refractivity contribution in [2.75, 3.05) is 0 Å². The average Bonchev–Trinajstić information content (AvgIpc) is 2.79. The summed E-state index contributed by atoms with van der Waals surface area (Å²) in [6.07, 6.45) is 3.49. The maximum Gasteiger partial charge on any atom is 0.326 e. The Morgan fingerprint density at radius 3 is 2.94 bits per heavy atom. The van der Waals surface area contributed by atoms with Crippen molar-refractivity contribution in [3.63, 3.8) is 0 Å². The minimum atomic E-state index is -1.04. The molecule has 0 aliphatic carbocycles. The standard InChI is InChI=1S/C12H13N3O3/c1-2-9(12(17)18)14-11(16)8-7-13-15-6-4-3-5-10(8)15/h3-7,9H,2H2,1H3,(H,14,16)(H,17,18). The van der Waals surface area contributed by atoms with Crippen molar-refractivity contribution in [3.05, 3.63) is 36.2 Å². The smallest absolute Gasteiger partial charge is 0.326 e. The van der Waals surface area contributed by atoms with E-state index in [1.807, 2.05) is 0 Å². The van der Waals surface area contributed by atoms with E-state index in [1.165, 1.54) is 6.20 Å². The van der Waals surface area contributed by atoms with Crippen LogP contribution in [0.3, 0.4) is 0 Å². The molecule has 0 saturated carbocycles. The lowest BCUT2D eigenvalue weighted by atomic mass is 10.2. The second kappa shape index (κ2) is 4.87. The molecule has 6 heteroatoms. The third kappa shape index (κ3) is 2.17. The van der Waals surface area contributed by atoms with Crippen LogP contribution in [0, 0.1) is 0 Å². The molecular weight excluding hydrogens is 234 g/mol. The number of carbonyl (C=O) groups is 2. The summed E-state index contributed by atoms with van der Waals surface area (Å²) in [5.41, 5.74) is 1.02. The maximum absolute atomic E-state index is 12.0. The summed E-state index contributed by atoms with van der Waals surface area (Å²) in [6, 6.07) is 4.47. The van der Waals surface area contributed by atoms with Gasteiger partial charge in [0.25, 0.3) is 5.91 Å². The molecule has 0 spiro atoms. The van der Waals surface area contributed by atoms with Gasteiger partial charge in [0, 0.05) is 6.20 Å². The zero-order chi connectivity index (χ0) is 13.1. The van der Waals surface area contributed by atoms with Gasteiger partial charge in [-0.2, -0.15) is 5.10 Å². The normalized spacial score (nSPS) is 12.3. The summed E-state index contributed by atoms with van der Waals surface area (Å²) in [4.78, 5) is 22.8. The van der Waals surface area contributed by atoms with Gasteiger partial charge in [-0.05, 0) is 18.6 Å². The molecule has 0 bridgehead atoms. The molecule has 0 radical (unpaired) electrons. The van der Waals surface area contributed by atoms with E-state index in [-0.39, 0.29) is 0 Å². The van der Waals surface area contributed by atoms with Gasteiger partial charge in [-0.15, -0.1) is 0 Å². The van der Waals surface area contributed by atoms with Gasteiger partial charge in [-0.3, -0.25) is 4.79 Å². The van der Waals surface area contributed by atoms with Crippen LogP contribution in [-0.2, 0) is 4.79 Å². The quantitative estimate of drug-likeness (QED) is 0.841. The van der Waals surface area contributed by atoms with Crippen LogP contribution in [0.15, 0.2) is 30.6 Å². The molecule has 0 aliphatic rings. The van der Waals surface area contributed by atoms with Crippen molar-refractivity contribution in [1.29, 1.82) is 0 Å². The van der Waals surface area contributed by atoms with Crippen molar-refractivity contribution in [2.24, 2.45) is 0 Å². The molecule has 6 nitrogen and oxygen atoms in total. The molecule has 18 heavy (non-hydrogen) atoms. The number of carbonyl (C=O) groups excluding carboxylic acids is 1. The Labute approximate surface area is 103 Å². The van der Waals surface area contributed by atoms with Gasteiger partial charge in [-0.25, -0.2) is 9.31 Å². The average molecular weight is 247 g/mol. The molecule has 1 unspecified atom stereocenters. The van der Waals surface area contributed by atoms with Crippen molar-refractivity contribution < 1.29 is 14.7 Å². The molecule has 1 amide bonds. The van der Waals surface area contributed by atoms with Gasteiger partial charge in [-0.1, -0.05) is 13.0 Å². The van der Waals surface area contributed by atoms with Gasteiger partial charge < -0.3 is 10.4 Å². The SMILES string of the molecule is CCC(NC(=O)c1cnn2ccccc12)C(=O)O. The topological polar surface area (TPSA) is 83.7 Å². The van der Waals surface area contributed by atoms with E-state index in [9.17, 15) is 9.59 Å². The Morgan fingerprint density at radius 2 is 2.28 bits per heavy atom. The van der Waals surface area contributed by atoms with Gasteiger partial charge in [0.1, 0.15) is 6.04 Å². The van der Waals surface area contributed by atoms with Crippen LogP contribution < -0.4 is 5.32 Å². The summed E-state index contributed by atoms with van der Waals surface area (Å²) in [6.45, 7) is 1.70. The van der Waals surface area contributed by atoms with Gasteiger partial charge in [0.15, 0.2) is 0 Å². The number of carboxylic acids is 1. The molecule has 0 aromatic carbocycles. The van der Waals surface area contributed by atoms with Gasteiger partial charge >= 0.3 is 5.97 Å². The van der Waals surface area contributed by atoms with Crippen LogP contribution in [0.1, 0.15) is 23.7 Å². The molecule has 2 aromatic heterocycles. The van der Waals surface area contributed by atoms with E-state index >= 15 is 0 Å². The van der Waals surface area contributed by atoms with Crippen LogP contribution in [0.25, 0.3) is 5.52 Å². The first-order valence-corrected chi connectivity index (χ1v) is 5.59. The Morgan fingerprint density at radius 1 is 1.50 bits per heavy atom. The largest absolute Gasteiger partial charge is 0.480 e. The number of rotatable bonds is 4. The lowest BCUT2D eigenvalue weighted by molar-refractivity contribution is -0.139. The highest BCUT2D eigenvalue weighted by Crippen LogP contribution is 2.10. The summed E-state index contributed by atoms with van der Waals surface area (Å²) < 4.78 is 1.57. The predicted molar refractivity (Wildman–Crippen MR) is 64.4 cm³/mol. The molecule has 0 fully saturated rings. The van der Waals surface area contributed by atoms with Crippen LogP contribution in [0.2, 0.25) is 0 Å². The fourth-order valence-corrected chi connectivity index (χ4v) is 1.68. The van der Waals surface area contributed by atoms with E-state index in [0.29, 0.717) is 17.5 Å². The highest BCUT2D eigenvalue weighted by atomic mass is 16.4. The van der Waals surface area contributed by atoms with Crippen molar-refractivity contribution >= 4 is 17.4 Å². The van der Waals surface area contributed by atoms with E-state index in [1.54, 1.807) is 35.8 Å². The van der Waals surface area contributed by atoms with Crippen LogP contribution >= 0.6 is 0 Å². The summed E-state index contributed by atoms with van der Waals surface area (Å²) in [7, 11) is 0. The van der Waals surface area contributed by atoms with Gasteiger partial charge in [0.2, 0.25) is 0 Å². The molecule has 0 saturated heterocycles. The first-order valence-electron chi connectivity index (χ1n) is 5.59. The molecular formula is C12H13N3O3. The molecule has 2 heterocycles. The number of fused-ring (bicyclic) bond motifs is 1. The number of nitrogens with zero attached hydrogens (tertiary/aromatic N) is 2. The van der Waals surface area contributed by atoms with E-state index in [4.69, 9.17) is 5.11 Å². The minimum absolute atomic E-state index is 0.334. The second-order valence-electron chi connectivity index (χ2n) is 3.86. The molecule has 2 aromatic rings. The fraction of sp³-hybridized carbons (Fsp3) is 0.250. The second-order valence-corrected chi connectivity index (χ2v) is 3.86. The lowest BCUT2D eigenvalue weighted by Gasteiger charge is -2.11. The van der Waals surface area contributed by atoms with E-state index in [0.717, 1.165) is 0 Å². The predicted octanol–water partition coefficient (Wildman–Crippen LogP) is 0.927. The zero-order valence-electron chi connectivity index (χ0n) is 9.83. The Kier molecular flexibility index (Phi) is 3.27. The van der Waals surface area contributed by atoms with E-state index in [2.05, 4.69) is 10.4 Å². The molecule has 94 valence electrons. The van der Waals surface area contributed by atoms with Crippen LogP contribution in [-0.4, -0.2) is 32.6 Å². The number of hydrogen-bond acceptors (Lipinski definition) is 3. The summed E-state index contributed by atoms with van der Waals surface area (Å²) >= 11 is 0. The van der Waals surface area contributed by atoms with E-state index < -0.39 is 17.9 Å². The minimum Gasteiger partial charge on any atom is -0.480 e. The first-order chi connectivity index (χ1) is 8.63. The monoisotopic (exact) mass is 247 g/mol. The third-order valence-electron chi connectivity index (χ3n) is 2.68. The number of amides is 1. The number of aliphatic carboxylic acids is 1. The Bertz CT molecular complexity index is 591. The lowest BCUT2D eigenvalue weighted by Crippen LogP contribution is -2.40. The first kappa shape index (κ1) is 12.1. The van der Waals surface area contributed by atoms with Crippen LogP contribution in [0.4, 0.5) is 0 Å². The molecule has 1 atom stereocenters. The molecule has 2 N–H and O–H groups in total. The van der Waals surface area contributed by atoms with Gasteiger partial charge in [0.05, 0.1) is 17.3 Å². The number of hydrogen-bond donors (Lipinski definition) is 2.